The van der Waals surface area contributed by atoms with E-state index in [1.807, 2.05) is 30.6 Å². The van der Waals surface area contributed by atoms with Crippen LogP contribution in [-0.2, 0) is 19.5 Å². The zero-order valence-electron chi connectivity index (χ0n) is 17.9. The second kappa shape index (κ2) is 8.72. The second-order valence-electron chi connectivity index (χ2n) is 7.59. The van der Waals surface area contributed by atoms with Gasteiger partial charge in [-0.05, 0) is 18.2 Å². The maximum atomic E-state index is 5.45. The third-order valence-electron chi connectivity index (χ3n) is 5.62. The van der Waals surface area contributed by atoms with Gasteiger partial charge in [0.05, 0.1) is 37.4 Å². The van der Waals surface area contributed by atoms with Gasteiger partial charge in [0.25, 0.3) is 0 Å². The van der Waals surface area contributed by atoms with Crippen LogP contribution in [-0.4, -0.2) is 55.8 Å². The molecular formula is C23H23N7O2. The lowest BCUT2D eigenvalue weighted by atomic mass is 10.0. The van der Waals surface area contributed by atoms with Crippen molar-refractivity contribution in [3.63, 3.8) is 0 Å². The number of nitrogens with zero attached hydrogens (tertiary/aromatic N) is 6. The highest BCUT2D eigenvalue weighted by molar-refractivity contribution is 5.66. The lowest BCUT2D eigenvalue weighted by Crippen LogP contribution is -2.31. The Labute approximate surface area is 185 Å². The van der Waals surface area contributed by atoms with Gasteiger partial charge in [0.2, 0.25) is 0 Å². The minimum absolute atomic E-state index is 0.670. The van der Waals surface area contributed by atoms with E-state index in [0.29, 0.717) is 17.3 Å². The third kappa shape index (κ3) is 3.90. The molecule has 0 fully saturated rings. The zero-order chi connectivity index (χ0) is 21.9. The fourth-order valence-corrected chi connectivity index (χ4v) is 3.98. The monoisotopic (exact) mass is 429 g/mol. The van der Waals surface area contributed by atoms with E-state index in [1.54, 1.807) is 26.6 Å². The van der Waals surface area contributed by atoms with E-state index in [4.69, 9.17) is 14.5 Å². The Morgan fingerprint density at radius 3 is 2.66 bits per heavy atom. The highest BCUT2D eigenvalue weighted by Gasteiger charge is 2.21. The number of hydrogen-bond donors (Lipinski definition) is 1. The van der Waals surface area contributed by atoms with Gasteiger partial charge in [-0.3, -0.25) is 10.00 Å². The van der Waals surface area contributed by atoms with Gasteiger partial charge in [-0.15, -0.1) is 0 Å². The van der Waals surface area contributed by atoms with E-state index in [-0.39, 0.29) is 0 Å². The fourth-order valence-electron chi connectivity index (χ4n) is 3.98. The van der Waals surface area contributed by atoms with Crippen molar-refractivity contribution in [2.45, 2.75) is 19.5 Å². The van der Waals surface area contributed by atoms with Crippen LogP contribution >= 0.6 is 0 Å². The van der Waals surface area contributed by atoms with Crippen molar-refractivity contribution in [3.8, 4) is 34.1 Å². The summed E-state index contributed by atoms with van der Waals surface area (Å²) in [5.74, 6) is 2.06. The summed E-state index contributed by atoms with van der Waals surface area (Å²) >= 11 is 0. The number of methoxy groups -OCH3 is 2. The summed E-state index contributed by atoms with van der Waals surface area (Å²) in [5.41, 5.74) is 6.17. The van der Waals surface area contributed by atoms with Gasteiger partial charge >= 0.3 is 0 Å². The molecular weight excluding hydrogens is 406 g/mol. The summed E-state index contributed by atoms with van der Waals surface area (Å²) in [6.45, 7) is 2.47. The first-order valence-electron chi connectivity index (χ1n) is 10.3. The maximum Gasteiger partial charge on any atom is 0.162 e. The number of aromatic amines is 1. The highest BCUT2D eigenvalue weighted by atomic mass is 16.5. The SMILES string of the molecule is COc1ccc(-c2[nH]ncc2CN2CCc3nc(-c4cncnc4)ncc3C2)cc1OC. The number of nitrogens with one attached hydrogen (secondary N) is 1. The highest BCUT2D eigenvalue weighted by Crippen LogP contribution is 2.33. The predicted molar refractivity (Wildman–Crippen MR) is 118 cm³/mol. The summed E-state index contributed by atoms with van der Waals surface area (Å²) in [7, 11) is 3.27. The first-order valence-corrected chi connectivity index (χ1v) is 10.3. The summed E-state index contributed by atoms with van der Waals surface area (Å²) in [4.78, 5) is 19.8. The Morgan fingerprint density at radius 1 is 1.00 bits per heavy atom. The van der Waals surface area contributed by atoms with E-state index < -0.39 is 0 Å². The molecule has 1 aliphatic rings. The Balaban J connectivity index is 1.34. The Hall–Kier alpha value is -3.85. The van der Waals surface area contributed by atoms with Gasteiger partial charge in [0, 0.05) is 61.3 Å². The van der Waals surface area contributed by atoms with Crippen LogP contribution in [0.1, 0.15) is 16.8 Å². The number of hydrogen-bond acceptors (Lipinski definition) is 8. The molecule has 9 heteroatoms. The topological polar surface area (TPSA) is 102 Å². The molecule has 1 aromatic carbocycles. The van der Waals surface area contributed by atoms with Crippen LogP contribution in [0, 0.1) is 0 Å². The average Bonchev–Trinajstić information content (AvgIpc) is 3.31. The van der Waals surface area contributed by atoms with Crippen LogP contribution in [0.4, 0.5) is 0 Å². The van der Waals surface area contributed by atoms with Crippen LogP contribution in [0.15, 0.2) is 49.3 Å². The van der Waals surface area contributed by atoms with Gasteiger partial charge in [-0.1, -0.05) is 0 Å². The van der Waals surface area contributed by atoms with Crippen LogP contribution in [0.2, 0.25) is 0 Å². The molecule has 0 saturated carbocycles. The molecule has 0 aliphatic carbocycles. The van der Waals surface area contributed by atoms with Crippen molar-refractivity contribution in [3.05, 3.63) is 66.1 Å². The lowest BCUT2D eigenvalue weighted by molar-refractivity contribution is 0.243. The minimum Gasteiger partial charge on any atom is -0.493 e. The zero-order valence-corrected chi connectivity index (χ0v) is 17.9. The lowest BCUT2D eigenvalue weighted by Gasteiger charge is -2.28. The van der Waals surface area contributed by atoms with Crippen molar-refractivity contribution in [2.75, 3.05) is 20.8 Å². The molecule has 32 heavy (non-hydrogen) atoms. The molecule has 0 radical (unpaired) electrons. The smallest absolute Gasteiger partial charge is 0.162 e. The van der Waals surface area contributed by atoms with Crippen molar-refractivity contribution in [2.24, 2.45) is 0 Å². The molecule has 0 unspecified atom stereocenters. The molecule has 1 N–H and O–H groups in total. The maximum absolute atomic E-state index is 5.45. The first kappa shape index (κ1) is 20.1. The number of rotatable bonds is 6. The van der Waals surface area contributed by atoms with Gasteiger partial charge in [-0.2, -0.15) is 5.10 Å². The van der Waals surface area contributed by atoms with Crippen molar-refractivity contribution < 1.29 is 9.47 Å². The number of ether oxygens (including phenoxy) is 2. The Morgan fingerprint density at radius 2 is 1.84 bits per heavy atom. The molecule has 0 bridgehead atoms. The van der Waals surface area contributed by atoms with E-state index in [1.165, 1.54) is 6.33 Å². The predicted octanol–water partition coefficient (Wildman–Crippen LogP) is 2.90. The van der Waals surface area contributed by atoms with E-state index >= 15 is 0 Å². The summed E-state index contributed by atoms with van der Waals surface area (Å²) in [6, 6.07) is 5.87. The molecule has 9 nitrogen and oxygen atoms in total. The summed E-state index contributed by atoms with van der Waals surface area (Å²) in [6.07, 6.45) is 9.64. The average molecular weight is 429 g/mol. The number of aromatic nitrogens is 6. The molecule has 1 aliphatic heterocycles. The minimum atomic E-state index is 0.670. The number of fused-ring (bicyclic) bond motifs is 1. The van der Waals surface area contributed by atoms with Crippen molar-refractivity contribution in [1.29, 1.82) is 0 Å². The van der Waals surface area contributed by atoms with Crippen LogP contribution < -0.4 is 9.47 Å². The van der Waals surface area contributed by atoms with E-state index in [2.05, 4.69) is 30.0 Å². The molecule has 0 saturated heterocycles. The Bertz CT molecular complexity index is 1230. The first-order chi connectivity index (χ1) is 15.7. The molecule has 3 aromatic heterocycles. The third-order valence-corrected chi connectivity index (χ3v) is 5.62. The van der Waals surface area contributed by atoms with Gasteiger partial charge in [0.1, 0.15) is 6.33 Å². The van der Waals surface area contributed by atoms with Gasteiger partial charge < -0.3 is 9.47 Å². The molecule has 4 heterocycles. The van der Waals surface area contributed by atoms with Gasteiger partial charge in [-0.25, -0.2) is 19.9 Å². The molecule has 162 valence electrons. The molecule has 5 rings (SSSR count). The van der Waals surface area contributed by atoms with E-state index in [9.17, 15) is 0 Å². The number of benzene rings is 1. The standard InChI is InChI=1S/C23H23N7O2/c1-31-20-4-3-15(7-21(20)32-2)22-18(11-27-29-22)13-30-6-5-19-17(12-30)10-26-23(28-19)16-8-24-14-25-9-16/h3-4,7-11,14H,5-6,12-13H2,1-2H3,(H,27,29). The van der Waals surface area contributed by atoms with E-state index in [0.717, 1.165) is 59.7 Å². The van der Waals surface area contributed by atoms with Crippen molar-refractivity contribution in [1.82, 2.24) is 35.0 Å². The molecule has 4 aromatic rings. The Kier molecular flexibility index (Phi) is 5.47. The quantitative estimate of drug-likeness (QED) is 0.499. The van der Waals surface area contributed by atoms with Crippen LogP contribution in [0.25, 0.3) is 22.6 Å². The molecule has 0 spiro atoms. The number of H-pyrrole nitrogens is 1. The van der Waals surface area contributed by atoms with Crippen molar-refractivity contribution >= 4 is 0 Å². The van der Waals surface area contributed by atoms with Gasteiger partial charge in [0.15, 0.2) is 17.3 Å². The normalized spacial score (nSPS) is 13.6. The molecule has 0 atom stereocenters. The largest absolute Gasteiger partial charge is 0.493 e. The summed E-state index contributed by atoms with van der Waals surface area (Å²) < 4.78 is 10.8. The second-order valence-corrected chi connectivity index (χ2v) is 7.59. The van der Waals surface area contributed by atoms with Crippen LogP contribution in [0.3, 0.4) is 0 Å². The summed E-state index contributed by atoms with van der Waals surface area (Å²) in [5, 5.41) is 7.43. The van der Waals surface area contributed by atoms with Crippen LogP contribution in [0.5, 0.6) is 11.5 Å². The molecule has 0 amide bonds. The fraction of sp³-hybridized carbons (Fsp3) is 0.261.